The number of fused-ring (bicyclic) bond motifs is 1. The van der Waals surface area contributed by atoms with Crippen LogP contribution < -0.4 is 14.4 Å². The first-order valence-electron chi connectivity index (χ1n) is 11.1. The highest BCUT2D eigenvalue weighted by Crippen LogP contribution is 2.38. The number of hydrogen-bond acceptors (Lipinski definition) is 4. The lowest BCUT2D eigenvalue weighted by Crippen LogP contribution is -2.37. The minimum Gasteiger partial charge on any atom is -0.486 e. The number of likely N-dealkylation sites (tertiary alicyclic amines) is 1. The summed E-state index contributed by atoms with van der Waals surface area (Å²) in [6.45, 7) is 6.41. The number of aryl methyl sites for hydroxylation is 2. The minimum atomic E-state index is -0.312. The van der Waals surface area contributed by atoms with E-state index in [0.29, 0.717) is 31.3 Å². The minimum absolute atomic E-state index is 0.0167. The number of carbonyl (C=O) groups is 2. The van der Waals surface area contributed by atoms with Crippen LogP contribution in [0, 0.1) is 19.8 Å². The van der Waals surface area contributed by atoms with E-state index in [0.717, 1.165) is 25.1 Å². The van der Waals surface area contributed by atoms with Crippen molar-refractivity contribution < 1.29 is 19.1 Å². The van der Waals surface area contributed by atoms with Crippen LogP contribution in [-0.2, 0) is 9.59 Å². The second-order valence-electron chi connectivity index (χ2n) is 8.77. The van der Waals surface area contributed by atoms with E-state index >= 15 is 0 Å². The van der Waals surface area contributed by atoms with Crippen molar-refractivity contribution in [3.8, 4) is 11.5 Å². The number of amides is 2. The Bertz CT molecular complexity index is 1030. The van der Waals surface area contributed by atoms with Crippen molar-refractivity contribution in [2.75, 3.05) is 31.2 Å². The Kier molecular flexibility index (Phi) is 5.08. The normalized spacial score (nSPS) is 22.8. The van der Waals surface area contributed by atoms with Crippen LogP contribution >= 0.6 is 0 Å². The number of carbonyl (C=O) groups excluding carboxylic acids is 2. The fourth-order valence-corrected chi connectivity index (χ4v) is 4.91. The molecule has 0 spiro atoms. The molecule has 2 fully saturated rings. The van der Waals surface area contributed by atoms with Crippen molar-refractivity contribution in [3.05, 3.63) is 53.1 Å². The first kappa shape index (κ1) is 19.9. The van der Waals surface area contributed by atoms with Crippen LogP contribution in [0.5, 0.6) is 11.5 Å². The Balaban J connectivity index is 1.33. The van der Waals surface area contributed by atoms with Crippen molar-refractivity contribution in [1.29, 1.82) is 0 Å². The largest absolute Gasteiger partial charge is 0.486 e. The van der Waals surface area contributed by atoms with E-state index in [4.69, 9.17) is 9.47 Å². The first-order valence-corrected chi connectivity index (χ1v) is 11.1. The molecule has 0 saturated carbocycles. The van der Waals surface area contributed by atoms with Crippen LogP contribution in [0.1, 0.15) is 42.0 Å². The predicted molar refractivity (Wildman–Crippen MR) is 117 cm³/mol. The number of anilines is 1. The van der Waals surface area contributed by atoms with E-state index in [1.807, 2.05) is 23.1 Å². The maximum atomic E-state index is 13.4. The molecule has 2 aromatic carbocycles. The van der Waals surface area contributed by atoms with Gasteiger partial charge in [0.15, 0.2) is 11.5 Å². The zero-order valence-corrected chi connectivity index (χ0v) is 18.1. The Hall–Kier alpha value is -3.02. The van der Waals surface area contributed by atoms with Crippen LogP contribution in [0.25, 0.3) is 0 Å². The van der Waals surface area contributed by atoms with Crippen molar-refractivity contribution >= 4 is 17.5 Å². The highest BCUT2D eigenvalue weighted by Gasteiger charge is 2.40. The Morgan fingerprint density at radius 1 is 1.00 bits per heavy atom. The van der Waals surface area contributed by atoms with E-state index in [1.54, 1.807) is 4.90 Å². The first-order chi connectivity index (χ1) is 15.0. The molecule has 2 atom stereocenters. The quantitative estimate of drug-likeness (QED) is 0.758. The molecule has 2 amide bonds. The van der Waals surface area contributed by atoms with Gasteiger partial charge < -0.3 is 19.3 Å². The van der Waals surface area contributed by atoms with Crippen LogP contribution in [0.3, 0.4) is 0 Å². The molecule has 2 saturated heterocycles. The molecule has 0 radical (unpaired) electrons. The number of hydrogen-bond donors (Lipinski definition) is 0. The Morgan fingerprint density at radius 3 is 2.61 bits per heavy atom. The summed E-state index contributed by atoms with van der Waals surface area (Å²) in [7, 11) is 0. The average molecular weight is 421 g/mol. The lowest BCUT2D eigenvalue weighted by atomic mass is 9.98. The van der Waals surface area contributed by atoms with Crippen molar-refractivity contribution in [2.24, 2.45) is 5.92 Å². The fraction of sp³-hybridized carbons (Fsp3) is 0.440. The molecule has 3 aliphatic heterocycles. The summed E-state index contributed by atoms with van der Waals surface area (Å²) in [5, 5.41) is 0. The SMILES string of the molecule is Cc1ccc(C2CCCN2C(=O)C2CC(=O)N(c3ccc4c(c3)OCCO4)C2)cc1C. The van der Waals surface area contributed by atoms with Gasteiger partial charge in [0.1, 0.15) is 13.2 Å². The van der Waals surface area contributed by atoms with E-state index in [-0.39, 0.29) is 30.2 Å². The third-order valence-corrected chi connectivity index (χ3v) is 6.76. The Labute approximate surface area is 182 Å². The predicted octanol–water partition coefficient (Wildman–Crippen LogP) is 3.79. The lowest BCUT2D eigenvalue weighted by molar-refractivity contribution is -0.136. The van der Waals surface area contributed by atoms with E-state index in [2.05, 4.69) is 32.0 Å². The topological polar surface area (TPSA) is 59.1 Å². The summed E-state index contributed by atoms with van der Waals surface area (Å²) in [5.74, 6) is 1.11. The van der Waals surface area contributed by atoms with Crippen molar-refractivity contribution in [1.82, 2.24) is 4.90 Å². The lowest BCUT2D eigenvalue weighted by Gasteiger charge is -2.28. The smallest absolute Gasteiger partial charge is 0.228 e. The summed E-state index contributed by atoms with van der Waals surface area (Å²) < 4.78 is 11.2. The van der Waals surface area contributed by atoms with Gasteiger partial charge in [-0.05, 0) is 55.5 Å². The van der Waals surface area contributed by atoms with Gasteiger partial charge in [-0.3, -0.25) is 9.59 Å². The second-order valence-corrected chi connectivity index (χ2v) is 8.77. The van der Waals surface area contributed by atoms with E-state index in [1.165, 1.54) is 16.7 Å². The summed E-state index contributed by atoms with van der Waals surface area (Å²) in [4.78, 5) is 29.9. The van der Waals surface area contributed by atoms with Gasteiger partial charge >= 0.3 is 0 Å². The molecule has 0 bridgehead atoms. The molecular formula is C25H28N2O4. The zero-order valence-electron chi connectivity index (χ0n) is 18.1. The van der Waals surface area contributed by atoms with Gasteiger partial charge in [0, 0.05) is 31.3 Å². The highest BCUT2D eigenvalue weighted by molar-refractivity contribution is 6.00. The third-order valence-electron chi connectivity index (χ3n) is 6.76. The number of nitrogens with zero attached hydrogens (tertiary/aromatic N) is 2. The standard InChI is InChI=1S/C25H28N2O4/c1-16-5-6-18(12-17(16)2)21-4-3-9-26(21)25(29)19-13-24(28)27(15-19)20-7-8-22-23(14-20)31-11-10-30-22/h5-8,12,14,19,21H,3-4,9-11,13,15H2,1-2H3. The molecule has 2 aromatic rings. The van der Waals surface area contributed by atoms with Crippen LogP contribution in [-0.4, -0.2) is 43.0 Å². The molecule has 6 heteroatoms. The molecule has 31 heavy (non-hydrogen) atoms. The monoisotopic (exact) mass is 420 g/mol. The van der Waals surface area contributed by atoms with Gasteiger partial charge in [-0.15, -0.1) is 0 Å². The summed E-state index contributed by atoms with van der Waals surface area (Å²) in [5.41, 5.74) is 4.47. The second kappa shape index (κ2) is 7.91. The van der Waals surface area contributed by atoms with Crippen molar-refractivity contribution in [2.45, 2.75) is 39.2 Å². The van der Waals surface area contributed by atoms with Gasteiger partial charge in [-0.2, -0.15) is 0 Å². The molecule has 0 N–H and O–H groups in total. The maximum Gasteiger partial charge on any atom is 0.228 e. The van der Waals surface area contributed by atoms with E-state index in [9.17, 15) is 9.59 Å². The van der Waals surface area contributed by atoms with Gasteiger partial charge in [0.05, 0.1) is 12.0 Å². The van der Waals surface area contributed by atoms with Crippen LogP contribution in [0.15, 0.2) is 36.4 Å². The van der Waals surface area contributed by atoms with Crippen LogP contribution in [0.2, 0.25) is 0 Å². The number of ether oxygens (including phenoxy) is 2. The highest BCUT2D eigenvalue weighted by atomic mass is 16.6. The molecular weight excluding hydrogens is 392 g/mol. The molecule has 5 rings (SSSR count). The van der Waals surface area contributed by atoms with Gasteiger partial charge in [0.25, 0.3) is 0 Å². The molecule has 162 valence electrons. The van der Waals surface area contributed by atoms with Gasteiger partial charge in [-0.25, -0.2) is 0 Å². The molecule has 2 unspecified atom stereocenters. The van der Waals surface area contributed by atoms with Gasteiger partial charge in [-0.1, -0.05) is 18.2 Å². The molecule has 3 heterocycles. The molecule has 0 aliphatic carbocycles. The van der Waals surface area contributed by atoms with E-state index < -0.39 is 0 Å². The van der Waals surface area contributed by atoms with Gasteiger partial charge in [0.2, 0.25) is 11.8 Å². The number of rotatable bonds is 3. The van der Waals surface area contributed by atoms with Crippen molar-refractivity contribution in [3.63, 3.8) is 0 Å². The molecule has 3 aliphatic rings. The average Bonchev–Trinajstić information content (AvgIpc) is 3.42. The summed E-state index contributed by atoms with van der Waals surface area (Å²) >= 11 is 0. The third kappa shape index (κ3) is 3.64. The maximum absolute atomic E-state index is 13.4. The number of benzene rings is 2. The molecule has 6 nitrogen and oxygen atoms in total. The summed E-state index contributed by atoms with van der Waals surface area (Å²) in [6, 6.07) is 12.1. The Morgan fingerprint density at radius 2 is 1.81 bits per heavy atom. The summed E-state index contributed by atoms with van der Waals surface area (Å²) in [6.07, 6.45) is 2.22. The zero-order chi connectivity index (χ0) is 21.5. The molecule has 0 aromatic heterocycles. The van der Waals surface area contributed by atoms with Crippen LogP contribution in [0.4, 0.5) is 5.69 Å². The fourth-order valence-electron chi connectivity index (χ4n) is 4.91.